The first-order chi connectivity index (χ1) is 6.11. The van der Waals surface area contributed by atoms with Crippen molar-refractivity contribution in [1.29, 1.82) is 0 Å². The van der Waals surface area contributed by atoms with Gasteiger partial charge in [0.25, 0.3) is 0 Å². The molecule has 3 nitrogen and oxygen atoms in total. The lowest BCUT2D eigenvalue weighted by Gasteiger charge is -2.04. The van der Waals surface area contributed by atoms with Gasteiger partial charge in [0.05, 0.1) is 5.02 Å². The number of rotatable bonds is 2. The summed E-state index contributed by atoms with van der Waals surface area (Å²) < 4.78 is 5.84. The second kappa shape index (κ2) is 4.03. The minimum atomic E-state index is -0.585. The zero-order valence-electron chi connectivity index (χ0n) is 7.30. The third-order valence-electron chi connectivity index (χ3n) is 1.90. The fourth-order valence-electron chi connectivity index (χ4n) is 1.23. The summed E-state index contributed by atoms with van der Waals surface area (Å²) in [6.07, 6.45) is 0. The van der Waals surface area contributed by atoms with Gasteiger partial charge in [-0.3, -0.25) is 0 Å². The Balaban J connectivity index is 3.21. The fraction of sp³-hybridized carbons (Fsp3) is 0.375. The van der Waals surface area contributed by atoms with E-state index in [4.69, 9.17) is 23.5 Å². The maximum atomic E-state index is 11.1. The monoisotopic (exact) mass is 221 g/mol. The fourth-order valence-corrected chi connectivity index (χ4v) is 1.51. The summed E-state index contributed by atoms with van der Waals surface area (Å²) in [7, 11) is 0. The zero-order chi connectivity index (χ0) is 10.0. The summed E-state index contributed by atoms with van der Waals surface area (Å²) in [5.74, 6) is -0.585. The summed E-state index contributed by atoms with van der Waals surface area (Å²) in [6, 6.07) is 1.55. The van der Waals surface area contributed by atoms with Crippen LogP contribution < -0.4 is 0 Å². The molecule has 0 N–H and O–H groups in total. The molecule has 0 saturated heterocycles. The van der Waals surface area contributed by atoms with Crippen LogP contribution in [0.15, 0.2) is 6.07 Å². The second-order valence-corrected chi connectivity index (χ2v) is 3.13. The topological polar surface area (TPSA) is 31.2 Å². The zero-order valence-corrected chi connectivity index (χ0v) is 8.82. The molecule has 0 amide bonds. The summed E-state index contributed by atoms with van der Waals surface area (Å²) in [4.78, 5) is 11.1. The predicted octanol–water partition coefficient (Wildman–Crippen LogP) is 2.78. The lowest BCUT2D eigenvalue weighted by molar-refractivity contribution is 0.0740. The highest BCUT2D eigenvalue weighted by Crippen LogP contribution is 2.21. The predicted molar refractivity (Wildman–Crippen MR) is 51.1 cm³/mol. The molecule has 0 atom stereocenters. The Morgan fingerprint density at radius 1 is 1.69 bits per heavy atom. The molecule has 72 valence electrons. The minimum Gasteiger partial charge on any atom is -0.342 e. The SMILES string of the molecule is CCn1c(C(=O)OCl)cc(Cl)c1C. The van der Waals surface area contributed by atoms with E-state index in [1.807, 2.05) is 13.8 Å². The lowest BCUT2D eigenvalue weighted by atomic mass is 10.4. The van der Waals surface area contributed by atoms with Crippen molar-refractivity contribution in [1.82, 2.24) is 4.57 Å². The first-order valence-electron chi connectivity index (χ1n) is 3.80. The summed E-state index contributed by atoms with van der Waals surface area (Å²) in [5, 5.41) is 0.541. The molecule has 1 heterocycles. The highest BCUT2D eigenvalue weighted by Gasteiger charge is 2.16. The van der Waals surface area contributed by atoms with Gasteiger partial charge in [-0.2, -0.15) is 0 Å². The highest BCUT2D eigenvalue weighted by atomic mass is 35.5. The van der Waals surface area contributed by atoms with Gasteiger partial charge in [0.2, 0.25) is 0 Å². The Morgan fingerprint density at radius 2 is 2.31 bits per heavy atom. The van der Waals surface area contributed by atoms with E-state index in [0.29, 0.717) is 17.3 Å². The maximum Gasteiger partial charge on any atom is 0.373 e. The van der Waals surface area contributed by atoms with Gasteiger partial charge in [-0.25, -0.2) is 4.79 Å². The van der Waals surface area contributed by atoms with Gasteiger partial charge in [0, 0.05) is 12.2 Å². The third kappa shape index (κ3) is 1.81. The van der Waals surface area contributed by atoms with Crippen LogP contribution >= 0.6 is 23.5 Å². The van der Waals surface area contributed by atoms with Crippen molar-refractivity contribution in [2.24, 2.45) is 0 Å². The maximum absolute atomic E-state index is 11.1. The number of nitrogens with zero attached hydrogens (tertiary/aromatic N) is 1. The largest absolute Gasteiger partial charge is 0.373 e. The first kappa shape index (κ1) is 10.4. The van der Waals surface area contributed by atoms with E-state index in [9.17, 15) is 4.79 Å². The lowest BCUT2D eigenvalue weighted by Crippen LogP contribution is -2.08. The molecule has 0 bridgehead atoms. The Kier molecular flexibility index (Phi) is 3.22. The molecule has 13 heavy (non-hydrogen) atoms. The number of hydrogen-bond acceptors (Lipinski definition) is 2. The van der Waals surface area contributed by atoms with Crippen LogP contribution in [-0.2, 0) is 10.8 Å². The Morgan fingerprint density at radius 3 is 2.77 bits per heavy atom. The van der Waals surface area contributed by atoms with Crippen LogP contribution in [-0.4, -0.2) is 10.5 Å². The first-order valence-corrected chi connectivity index (χ1v) is 4.49. The van der Waals surface area contributed by atoms with Crippen molar-refractivity contribution in [2.45, 2.75) is 20.4 Å². The number of halogens is 2. The van der Waals surface area contributed by atoms with Crippen molar-refractivity contribution in [3.05, 3.63) is 22.5 Å². The standard InChI is InChI=1S/C8H9Cl2NO2/c1-3-11-5(2)6(9)4-7(11)8(12)13-10/h4H,3H2,1-2H3. The van der Waals surface area contributed by atoms with Gasteiger partial charge < -0.3 is 8.86 Å². The molecule has 0 fully saturated rings. The van der Waals surface area contributed by atoms with E-state index in [-0.39, 0.29) is 0 Å². The molecule has 0 unspecified atom stereocenters. The quantitative estimate of drug-likeness (QED) is 0.770. The van der Waals surface area contributed by atoms with Gasteiger partial charge in [0.15, 0.2) is 0 Å². The van der Waals surface area contributed by atoms with Crippen molar-refractivity contribution in [3.63, 3.8) is 0 Å². The normalized spacial score (nSPS) is 10.2. The molecule has 1 aromatic rings. The minimum absolute atomic E-state index is 0.375. The number of carbonyl (C=O) groups is 1. The third-order valence-corrected chi connectivity index (χ3v) is 2.42. The average molecular weight is 222 g/mol. The van der Waals surface area contributed by atoms with Crippen LogP contribution in [0, 0.1) is 6.92 Å². The number of hydrogen-bond donors (Lipinski definition) is 0. The van der Waals surface area contributed by atoms with E-state index < -0.39 is 5.97 Å². The van der Waals surface area contributed by atoms with Crippen LogP contribution in [0.4, 0.5) is 0 Å². The Bertz CT molecular complexity index is 333. The Labute approximate surface area is 86.4 Å². The molecule has 0 saturated carbocycles. The van der Waals surface area contributed by atoms with Crippen molar-refractivity contribution in [3.8, 4) is 0 Å². The van der Waals surface area contributed by atoms with E-state index >= 15 is 0 Å². The summed E-state index contributed by atoms with van der Waals surface area (Å²) in [5.41, 5.74) is 1.21. The smallest absolute Gasteiger partial charge is 0.342 e. The summed E-state index contributed by atoms with van der Waals surface area (Å²) >= 11 is 10.8. The van der Waals surface area contributed by atoms with Crippen LogP contribution in [0.5, 0.6) is 0 Å². The Hall–Kier alpha value is -0.670. The van der Waals surface area contributed by atoms with Crippen LogP contribution in [0.1, 0.15) is 23.1 Å². The van der Waals surface area contributed by atoms with E-state index in [2.05, 4.69) is 4.29 Å². The molecule has 0 aromatic carbocycles. The van der Waals surface area contributed by atoms with Gasteiger partial charge in [-0.15, -0.1) is 0 Å². The van der Waals surface area contributed by atoms with Gasteiger partial charge in [0.1, 0.15) is 17.6 Å². The molecule has 0 aliphatic carbocycles. The molecule has 5 heteroatoms. The summed E-state index contributed by atoms with van der Waals surface area (Å²) in [6.45, 7) is 4.39. The van der Waals surface area contributed by atoms with Crippen molar-refractivity contribution < 1.29 is 9.08 Å². The molecule has 0 aliphatic rings. The number of carbonyl (C=O) groups excluding carboxylic acids is 1. The van der Waals surface area contributed by atoms with Crippen LogP contribution in [0.3, 0.4) is 0 Å². The van der Waals surface area contributed by atoms with Crippen LogP contribution in [0.25, 0.3) is 0 Å². The molecule has 1 rings (SSSR count). The average Bonchev–Trinajstić information content (AvgIpc) is 2.42. The molecule has 0 aliphatic heterocycles. The van der Waals surface area contributed by atoms with Gasteiger partial charge in [-0.1, -0.05) is 11.6 Å². The van der Waals surface area contributed by atoms with Crippen LogP contribution in [0.2, 0.25) is 5.02 Å². The van der Waals surface area contributed by atoms with Crippen molar-refractivity contribution >= 4 is 29.4 Å². The van der Waals surface area contributed by atoms with E-state index in [0.717, 1.165) is 5.69 Å². The molecular formula is C8H9Cl2NO2. The number of aromatic nitrogens is 1. The van der Waals surface area contributed by atoms with E-state index in [1.54, 1.807) is 10.6 Å². The molecule has 1 aromatic heterocycles. The van der Waals surface area contributed by atoms with Gasteiger partial charge in [-0.05, 0) is 19.9 Å². The van der Waals surface area contributed by atoms with Crippen molar-refractivity contribution in [2.75, 3.05) is 0 Å². The molecular weight excluding hydrogens is 213 g/mol. The molecule has 0 radical (unpaired) electrons. The highest BCUT2D eigenvalue weighted by molar-refractivity contribution is 6.31. The second-order valence-electron chi connectivity index (χ2n) is 2.57. The van der Waals surface area contributed by atoms with E-state index in [1.165, 1.54) is 0 Å². The van der Waals surface area contributed by atoms with Gasteiger partial charge >= 0.3 is 5.97 Å². The molecule has 0 spiro atoms.